The lowest BCUT2D eigenvalue weighted by atomic mass is 10.2. The molecule has 1 aliphatic heterocycles. The molecular formula is C19H26N6O2. The lowest BCUT2D eigenvalue weighted by Crippen LogP contribution is -2.37. The summed E-state index contributed by atoms with van der Waals surface area (Å²) >= 11 is 0. The lowest BCUT2D eigenvalue weighted by Gasteiger charge is -2.26. The van der Waals surface area contributed by atoms with Gasteiger partial charge in [0.05, 0.1) is 0 Å². The minimum Gasteiger partial charge on any atom is -0.444 e. The zero-order valence-electron chi connectivity index (χ0n) is 16.0. The maximum atomic E-state index is 12.1. The Labute approximate surface area is 159 Å². The van der Waals surface area contributed by atoms with Crippen LogP contribution in [0.3, 0.4) is 0 Å². The van der Waals surface area contributed by atoms with E-state index in [1.807, 2.05) is 44.0 Å². The maximum Gasteiger partial charge on any atom is 0.410 e. The highest BCUT2D eigenvalue weighted by atomic mass is 16.6. The van der Waals surface area contributed by atoms with Crippen LogP contribution in [0.2, 0.25) is 0 Å². The molecule has 0 spiro atoms. The van der Waals surface area contributed by atoms with Gasteiger partial charge in [0.1, 0.15) is 5.60 Å². The van der Waals surface area contributed by atoms with Crippen molar-refractivity contribution in [3.8, 4) is 6.19 Å². The zero-order chi connectivity index (χ0) is 19.4. The van der Waals surface area contributed by atoms with E-state index in [4.69, 9.17) is 10.00 Å². The van der Waals surface area contributed by atoms with Crippen molar-refractivity contribution in [1.82, 2.24) is 15.2 Å². The molecule has 2 aliphatic rings. The zero-order valence-corrected chi connectivity index (χ0v) is 16.0. The Kier molecular flexibility index (Phi) is 5.49. The van der Waals surface area contributed by atoms with Gasteiger partial charge in [0.15, 0.2) is 0 Å². The van der Waals surface area contributed by atoms with Crippen molar-refractivity contribution in [2.45, 2.75) is 32.8 Å². The molecule has 0 aromatic carbocycles. The SMILES string of the molecule is CC(C)(C)OC(=O)N1C[C@@H]2[C@@H](CCN/C(=N\C#N)Nc3ccncc3)[C@@H]2C1. The molecule has 0 unspecified atom stereocenters. The fourth-order valence-corrected chi connectivity index (χ4v) is 3.64. The molecular weight excluding hydrogens is 344 g/mol. The number of nitrogens with zero attached hydrogens (tertiary/aromatic N) is 4. The van der Waals surface area contributed by atoms with Crippen molar-refractivity contribution in [2.24, 2.45) is 22.7 Å². The summed E-state index contributed by atoms with van der Waals surface area (Å²) in [5.41, 5.74) is 0.369. The van der Waals surface area contributed by atoms with Crippen LogP contribution in [0.15, 0.2) is 29.5 Å². The van der Waals surface area contributed by atoms with Gasteiger partial charge >= 0.3 is 6.09 Å². The smallest absolute Gasteiger partial charge is 0.410 e. The Hall–Kier alpha value is -2.82. The van der Waals surface area contributed by atoms with Gasteiger partial charge in [-0.25, -0.2) is 4.79 Å². The number of carbonyl (C=O) groups excluding carboxylic acids is 1. The van der Waals surface area contributed by atoms with E-state index < -0.39 is 5.60 Å². The molecule has 2 fully saturated rings. The first-order chi connectivity index (χ1) is 12.9. The minimum atomic E-state index is -0.453. The molecule has 8 nitrogen and oxygen atoms in total. The number of anilines is 1. The Morgan fingerprint density at radius 1 is 1.37 bits per heavy atom. The van der Waals surface area contributed by atoms with Crippen LogP contribution in [0.4, 0.5) is 10.5 Å². The number of hydrogen-bond acceptors (Lipinski definition) is 5. The fraction of sp³-hybridized carbons (Fsp3) is 0.579. The first-order valence-corrected chi connectivity index (χ1v) is 9.23. The number of likely N-dealkylation sites (tertiary alicyclic amines) is 1. The molecule has 0 bridgehead atoms. The van der Waals surface area contributed by atoms with Crippen molar-refractivity contribution in [2.75, 3.05) is 25.0 Å². The average Bonchev–Trinajstić information content (AvgIpc) is 3.04. The standard InChI is InChI=1S/C19H26N6O2/c1-19(2,3)27-18(26)25-10-15-14(16(15)11-25)6-9-22-17(23-12-20)24-13-4-7-21-8-5-13/h4-5,7-8,14-16H,6,9-11H2,1-3H3,(H2,21,22,23,24)/t14-,15-,16+. The molecule has 1 amide bonds. The van der Waals surface area contributed by atoms with Gasteiger partial charge in [0.2, 0.25) is 12.2 Å². The number of piperidine rings is 1. The predicted octanol–water partition coefficient (Wildman–Crippen LogP) is 2.42. The van der Waals surface area contributed by atoms with E-state index in [-0.39, 0.29) is 6.09 Å². The summed E-state index contributed by atoms with van der Waals surface area (Å²) in [7, 11) is 0. The highest BCUT2D eigenvalue weighted by Gasteiger charge is 2.56. The summed E-state index contributed by atoms with van der Waals surface area (Å²) in [6, 6.07) is 3.62. The second kappa shape index (κ2) is 7.82. The first kappa shape index (κ1) is 19.0. The first-order valence-electron chi connectivity index (χ1n) is 9.23. The number of ether oxygens (including phenoxy) is 1. The number of aliphatic imine (C=N–C) groups is 1. The molecule has 1 saturated heterocycles. The number of hydrogen-bond donors (Lipinski definition) is 2. The van der Waals surface area contributed by atoms with E-state index >= 15 is 0 Å². The van der Waals surface area contributed by atoms with Gasteiger partial charge in [-0.3, -0.25) is 4.98 Å². The molecule has 144 valence electrons. The normalized spacial score (nSPS) is 24.0. The van der Waals surface area contributed by atoms with Crippen LogP contribution >= 0.6 is 0 Å². The largest absolute Gasteiger partial charge is 0.444 e. The summed E-state index contributed by atoms with van der Waals surface area (Å²) in [5, 5.41) is 15.1. The third kappa shape index (κ3) is 5.09. The van der Waals surface area contributed by atoms with E-state index in [1.54, 1.807) is 12.4 Å². The van der Waals surface area contributed by atoms with Gasteiger partial charge in [0.25, 0.3) is 0 Å². The number of aromatic nitrogens is 1. The molecule has 3 atom stereocenters. The second-order valence-electron chi connectivity index (χ2n) is 8.01. The number of nitriles is 1. The monoisotopic (exact) mass is 370 g/mol. The van der Waals surface area contributed by atoms with E-state index in [0.29, 0.717) is 23.7 Å². The summed E-state index contributed by atoms with van der Waals surface area (Å²) in [4.78, 5) is 21.7. The van der Waals surface area contributed by atoms with Crippen LogP contribution in [0.5, 0.6) is 0 Å². The van der Waals surface area contributed by atoms with Crippen LogP contribution in [0.1, 0.15) is 27.2 Å². The summed E-state index contributed by atoms with van der Waals surface area (Å²) < 4.78 is 5.44. The number of carbonyl (C=O) groups is 1. The molecule has 8 heteroatoms. The topological polar surface area (TPSA) is 103 Å². The van der Waals surface area contributed by atoms with E-state index in [2.05, 4.69) is 20.6 Å². The molecule has 27 heavy (non-hydrogen) atoms. The Morgan fingerprint density at radius 2 is 2.04 bits per heavy atom. The molecule has 1 aromatic heterocycles. The van der Waals surface area contributed by atoms with Crippen molar-refractivity contribution >= 4 is 17.7 Å². The van der Waals surface area contributed by atoms with Gasteiger partial charge in [-0.05, 0) is 57.1 Å². The second-order valence-corrected chi connectivity index (χ2v) is 8.01. The van der Waals surface area contributed by atoms with Crippen LogP contribution in [0, 0.1) is 29.2 Å². The quantitative estimate of drug-likeness (QED) is 0.479. The van der Waals surface area contributed by atoms with Gasteiger partial charge in [-0.1, -0.05) is 0 Å². The van der Waals surface area contributed by atoms with Crippen molar-refractivity contribution in [3.63, 3.8) is 0 Å². The summed E-state index contributed by atoms with van der Waals surface area (Å²) in [6.07, 6.45) is 5.93. The van der Waals surface area contributed by atoms with E-state index in [1.165, 1.54) is 0 Å². The Balaban J connectivity index is 1.39. The molecule has 1 aromatic rings. The van der Waals surface area contributed by atoms with Crippen molar-refractivity contribution in [3.05, 3.63) is 24.5 Å². The minimum absolute atomic E-state index is 0.212. The molecule has 1 aliphatic carbocycles. The van der Waals surface area contributed by atoms with Gasteiger partial charge in [0, 0.05) is 37.7 Å². The molecule has 3 rings (SSSR count). The highest BCUT2D eigenvalue weighted by molar-refractivity contribution is 5.94. The maximum absolute atomic E-state index is 12.1. The molecule has 2 heterocycles. The number of pyridine rings is 1. The Morgan fingerprint density at radius 3 is 2.63 bits per heavy atom. The van der Waals surface area contributed by atoms with Crippen LogP contribution < -0.4 is 10.6 Å². The summed E-state index contributed by atoms with van der Waals surface area (Å²) in [6.45, 7) is 7.93. The molecule has 0 radical (unpaired) electrons. The fourth-order valence-electron chi connectivity index (χ4n) is 3.64. The van der Waals surface area contributed by atoms with Crippen molar-refractivity contribution < 1.29 is 9.53 Å². The average molecular weight is 370 g/mol. The van der Waals surface area contributed by atoms with E-state index in [9.17, 15) is 4.79 Å². The van der Waals surface area contributed by atoms with Gasteiger partial charge in [-0.15, -0.1) is 4.99 Å². The third-order valence-electron chi connectivity index (χ3n) is 4.90. The van der Waals surface area contributed by atoms with Crippen LogP contribution in [-0.4, -0.2) is 47.2 Å². The number of amides is 1. The van der Waals surface area contributed by atoms with Crippen molar-refractivity contribution in [1.29, 1.82) is 5.26 Å². The molecule has 1 saturated carbocycles. The lowest BCUT2D eigenvalue weighted by molar-refractivity contribution is 0.0265. The molecule has 2 N–H and O–H groups in total. The number of guanidine groups is 1. The van der Waals surface area contributed by atoms with Gasteiger partial charge < -0.3 is 20.3 Å². The van der Waals surface area contributed by atoms with Gasteiger partial charge in [-0.2, -0.15) is 5.26 Å². The Bertz CT molecular complexity index is 725. The highest BCUT2D eigenvalue weighted by Crippen LogP contribution is 2.53. The van der Waals surface area contributed by atoms with Crippen LogP contribution in [0.25, 0.3) is 0 Å². The van der Waals surface area contributed by atoms with Crippen LogP contribution in [-0.2, 0) is 4.74 Å². The number of nitrogens with one attached hydrogen (secondary N) is 2. The number of rotatable bonds is 4. The van der Waals surface area contributed by atoms with E-state index in [0.717, 1.165) is 31.7 Å². The summed E-state index contributed by atoms with van der Waals surface area (Å²) in [5.74, 6) is 2.16. The number of fused-ring (bicyclic) bond motifs is 1. The third-order valence-corrected chi connectivity index (χ3v) is 4.90. The predicted molar refractivity (Wildman–Crippen MR) is 102 cm³/mol.